The third-order valence-corrected chi connectivity index (χ3v) is 6.58. The fraction of sp³-hybridized carbons (Fsp3) is 0.950. The lowest BCUT2D eigenvalue weighted by Gasteiger charge is -2.34. The molecule has 2 heterocycles. The largest absolute Gasteiger partial charge is 0.357 e. The first-order valence-electron chi connectivity index (χ1n) is 10.7. The van der Waals surface area contributed by atoms with Crippen LogP contribution in [0.25, 0.3) is 0 Å². The fourth-order valence-electron chi connectivity index (χ4n) is 4.88. The van der Waals surface area contributed by atoms with Gasteiger partial charge in [-0.25, -0.2) is 0 Å². The van der Waals surface area contributed by atoms with Gasteiger partial charge in [0, 0.05) is 52.4 Å². The van der Waals surface area contributed by atoms with Gasteiger partial charge in [0.1, 0.15) is 0 Å². The lowest BCUT2D eigenvalue weighted by molar-refractivity contribution is 0.140. The Morgan fingerprint density at radius 1 is 0.923 bits per heavy atom. The number of rotatable bonds is 5. The van der Waals surface area contributed by atoms with Crippen LogP contribution in [0, 0.1) is 5.41 Å². The molecular formula is C20H40IN5. The van der Waals surface area contributed by atoms with Gasteiger partial charge in [-0.3, -0.25) is 9.89 Å². The van der Waals surface area contributed by atoms with Gasteiger partial charge >= 0.3 is 0 Å². The summed E-state index contributed by atoms with van der Waals surface area (Å²) in [6.07, 6.45) is 8.56. The minimum atomic E-state index is 0. The molecule has 1 aliphatic carbocycles. The molecule has 0 aromatic rings. The number of likely N-dealkylation sites (tertiary alicyclic amines) is 1. The van der Waals surface area contributed by atoms with Gasteiger partial charge in [0.15, 0.2) is 5.96 Å². The molecule has 0 unspecified atom stereocenters. The van der Waals surface area contributed by atoms with Gasteiger partial charge in [-0.15, -0.1) is 24.0 Å². The van der Waals surface area contributed by atoms with Crippen LogP contribution in [0.3, 0.4) is 0 Å². The number of aliphatic imine (C=N–C) groups is 1. The van der Waals surface area contributed by atoms with Crippen molar-refractivity contribution >= 4 is 29.9 Å². The molecule has 0 bridgehead atoms. The molecule has 26 heavy (non-hydrogen) atoms. The maximum atomic E-state index is 4.98. The van der Waals surface area contributed by atoms with Crippen LogP contribution in [-0.2, 0) is 0 Å². The molecule has 2 aliphatic heterocycles. The van der Waals surface area contributed by atoms with Crippen LogP contribution in [0.4, 0.5) is 0 Å². The quantitative estimate of drug-likeness (QED) is 0.375. The Morgan fingerprint density at radius 3 is 2.27 bits per heavy atom. The Labute approximate surface area is 178 Å². The third kappa shape index (κ3) is 5.96. The number of guanidine groups is 1. The number of piperazine rings is 1. The van der Waals surface area contributed by atoms with Gasteiger partial charge in [-0.1, -0.05) is 26.2 Å². The van der Waals surface area contributed by atoms with Crippen molar-refractivity contribution < 1.29 is 0 Å². The molecular weight excluding hydrogens is 437 g/mol. The molecule has 0 aromatic carbocycles. The minimum Gasteiger partial charge on any atom is -0.357 e. The van der Waals surface area contributed by atoms with Crippen LogP contribution in [0.1, 0.15) is 52.4 Å². The van der Waals surface area contributed by atoms with Crippen LogP contribution in [0.15, 0.2) is 4.99 Å². The van der Waals surface area contributed by atoms with E-state index in [9.17, 15) is 0 Å². The van der Waals surface area contributed by atoms with E-state index in [1.807, 2.05) is 0 Å². The molecule has 5 nitrogen and oxygen atoms in total. The molecule has 3 rings (SSSR count). The van der Waals surface area contributed by atoms with Crippen molar-refractivity contribution in [1.29, 1.82) is 0 Å². The first-order valence-corrected chi connectivity index (χ1v) is 10.7. The number of nitrogens with zero attached hydrogens (tertiary/aromatic N) is 4. The summed E-state index contributed by atoms with van der Waals surface area (Å²) < 4.78 is 0. The molecule has 1 saturated carbocycles. The van der Waals surface area contributed by atoms with E-state index in [4.69, 9.17) is 4.99 Å². The monoisotopic (exact) mass is 477 g/mol. The minimum absolute atomic E-state index is 0. The van der Waals surface area contributed by atoms with E-state index in [1.165, 1.54) is 84.3 Å². The molecule has 1 N–H and O–H groups in total. The van der Waals surface area contributed by atoms with E-state index in [0.717, 1.165) is 25.6 Å². The summed E-state index contributed by atoms with van der Waals surface area (Å²) in [6.45, 7) is 15.9. The topological polar surface area (TPSA) is 34.1 Å². The smallest absolute Gasteiger partial charge is 0.193 e. The number of hydrogen-bond donors (Lipinski definition) is 1. The number of hydrogen-bond acceptors (Lipinski definition) is 3. The van der Waals surface area contributed by atoms with E-state index in [-0.39, 0.29) is 24.0 Å². The molecule has 152 valence electrons. The molecule has 3 aliphatic rings. The Kier molecular flexibility index (Phi) is 9.44. The second kappa shape index (κ2) is 11.1. The van der Waals surface area contributed by atoms with Crippen molar-refractivity contribution in [3.8, 4) is 0 Å². The zero-order valence-electron chi connectivity index (χ0n) is 17.0. The lowest BCUT2D eigenvalue weighted by Crippen LogP contribution is -2.47. The zero-order chi connectivity index (χ0) is 17.5. The average Bonchev–Trinajstić information content (AvgIpc) is 3.05. The van der Waals surface area contributed by atoms with Crippen molar-refractivity contribution in [2.24, 2.45) is 10.4 Å². The second-order valence-electron chi connectivity index (χ2n) is 8.24. The summed E-state index contributed by atoms with van der Waals surface area (Å²) in [5.41, 5.74) is 0.602. The summed E-state index contributed by atoms with van der Waals surface area (Å²) in [5, 5.41) is 3.55. The van der Waals surface area contributed by atoms with Crippen LogP contribution in [0.2, 0.25) is 0 Å². The molecule has 3 fully saturated rings. The Morgan fingerprint density at radius 2 is 1.62 bits per heavy atom. The third-order valence-electron chi connectivity index (χ3n) is 6.58. The number of halogens is 1. The Balaban J connectivity index is 0.00000243. The first-order chi connectivity index (χ1) is 12.2. The molecule has 0 atom stereocenters. The van der Waals surface area contributed by atoms with Crippen molar-refractivity contribution in [3.05, 3.63) is 0 Å². The second-order valence-corrected chi connectivity index (χ2v) is 8.24. The Bertz CT molecular complexity index is 428. The SMILES string of the molecule is CCNC(=NCCN1CCN(CC)CC1)N1CCC2(CCCCC2)C1.I. The predicted molar refractivity (Wildman–Crippen MR) is 122 cm³/mol. The van der Waals surface area contributed by atoms with Gasteiger partial charge in [0.05, 0.1) is 6.54 Å². The fourth-order valence-corrected chi connectivity index (χ4v) is 4.88. The zero-order valence-corrected chi connectivity index (χ0v) is 19.3. The lowest BCUT2D eigenvalue weighted by atomic mass is 9.73. The molecule has 6 heteroatoms. The summed E-state index contributed by atoms with van der Waals surface area (Å²) in [5.74, 6) is 1.16. The highest BCUT2D eigenvalue weighted by Gasteiger charge is 2.39. The maximum Gasteiger partial charge on any atom is 0.193 e. The summed E-state index contributed by atoms with van der Waals surface area (Å²) in [7, 11) is 0. The van der Waals surface area contributed by atoms with Crippen molar-refractivity contribution in [2.75, 3.05) is 65.4 Å². The highest BCUT2D eigenvalue weighted by Crippen LogP contribution is 2.43. The molecule has 0 aromatic heterocycles. The number of likely N-dealkylation sites (N-methyl/N-ethyl adjacent to an activating group) is 1. The van der Waals surface area contributed by atoms with Crippen LogP contribution in [-0.4, -0.2) is 86.1 Å². The standard InChI is InChI=1S/C20H39N5.HI/c1-3-21-19(22-11-13-24-16-14-23(4-2)15-17-24)25-12-10-20(18-25)8-6-5-7-9-20;/h3-18H2,1-2H3,(H,21,22);1H. The van der Waals surface area contributed by atoms with Gasteiger partial charge in [0.2, 0.25) is 0 Å². The summed E-state index contributed by atoms with van der Waals surface area (Å²) >= 11 is 0. The van der Waals surface area contributed by atoms with Crippen LogP contribution < -0.4 is 5.32 Å². The maximum absolute atomic E-state index is 4.98. The van der Waals surface area contributed by atoms with Crippen molar-refractivity contribution in [2.45, 2.75) is 52.4 Å². The van der Waals surface area contributed by atoms with E-state index in [0.29, 0.717) is 5.41 Å². The Hall–Kier alpha value is -0.0800. The van der Waals surface area contributed by atoms with Gasteiger partial charge in [-0.2, -0.15) is 0 Å². The van der Waals surface area contributed by atoms with Crippen LogP contribution in [0.5, 0.6) is 0 Å². The van der Waals surface area contributed by atoms with E-state index < -0.39 is 0 Å². The first kappa shape index (κ1) is 22.2. The molecule has 2 saturated heterocycles. The molecule has 0 amide bonds. The highest BCUT2D eigenvalue weighted by molar-refractivity contribution is 14.0. The van der Waals surface area contributed by atoms with Gasteiger partial charge < -0.3 is 15.1 Å². The molecule has 0 radical (unpaired) electrons. The number of nitrogens with one attached hydrogen (secondary N) is 1. The summed E-state index contributed by atoms with van der Waals surface area (Å²) in [4.78, 5) is 12.6. The average molecular weight is 477 g/mol. The van der Waals surface area contributed by atoms with Gasteiger partial charge in [0.25, 0.3) is 0 Å². The van der Waals surface area contributed by atoms with E-state index in [1.54, 1.807) is 0 Å². The summed E-state index contributed by atoms with van der Waals surface area (Å²) in [6, 6.07) is 0. The van der Waals surface area contributed by atoms with Crippen LogP contribution >= 0.6 is 24.0 Å². The van der Waals surface area contributed by atoms with E-state index >= 15 is 0 Å². The normalized spacial score (nSPS) is 24.7. The van der Waals surface area contributed by atoms with Crippen molar-refractivity contribution in [3.63, 3.8) is 0 Å². The van der Waals surface area contributed by atoms with Crippen molar-refractivity contribution in [1.82, 2.24) is 20.0 Å². The van der Waals surface area contributed by atoms with E-state index in [2.05, 4.69) is 33.9 Å². The molecule has 1 spiro atoms. The highest BCUT2D eigenvalue weighted by atomic mass is 127. The van der Waals surface area contributed by atoms with Gasteiger partial charge in [-0.05, 0) is 38.1 Å². The predicted octanol–water partition coefficient (Wildman–Crippen LogP) is 2.86.